The summed E-state index contributed by atoms with van der Waals surface area (Å²) < 4.78 is 74.6. The second-order valence-electron chi connectivity index (χ2n) is 5.64. The van der Waals surface area contributed by atoms with E-state index in [0.29, 0.717) is 32.5 Å². The summed E-state index contributed by atoms with van der Waals surface area (Å²) in [6, 6.07) is 1.82. The normalized spacial score (nSPS) is 18.2. The molecule has 2 rings (SSSR count). The molecule has 1 aromatic heterocycles. The highest BCUT2D eigenvalue weighted by Crippen LogP contribution is 2.30. The number of likely N-dealkylation sites (tertiary alicyclic amines) is 1. The Morgan fingerprint density at radius 3 is 2.35 bits per heavy atom. The summed E-state index contributed by atoms with van der Waals surface area (Å²) in [7, 11) is 0. The van der Waals surface area contributed by atoms with Gasteiger partial charge in [0.25, 0.3) is 0 Å². The number of aromatic nitrogens is 1. The van der Waals surface area contributed by atoms with Crippen molar-refractivity contribution in [1.82, 2.24) is 9.88 Å². The summed E-state index contributed by atoms with van der Waals surface area (Å²) in [4.78, 5) is 5.18. The molecular weight excluding hydrogens is 324 g/mol. The highest BCUT2D eigenvalue weighted by Gasteiger charge is 2.33. The topological polar surface area (TPSA) is 28.2 Å². The Balaban J connectivity index is 1.80. The van der Waals surface area contributed by atoms with Gasteiger partial charge < -0.3 is 5.32 Å². The summed E-state index contributed by atoms with van der Waals surface area (Å²) >= 11 is 0. The van der Waals surface area contributed by atoms with Crippen LogP contribution in [0.1, 0.15) is 18.4 Å². The predicted molar refractivity (Wildman–Crippen MR) is 72.9 cm³/mol. The second-order valence-corrected chi connectivity index (χ2v) is 5.64. The lowest BCUT2D eigenvalue weighted by Crippen LogP contribution is -2.41. The molecule has 1 aliphatic heterocycles. The Morgan fingerprint density at radius 2 is 1.78 bits per heavy atom. The minimum absolute atomic E-state index is 0.121. The Hall–Kier alpha value is -1.51. The number of pyridine rings is 1. The van der Waals surface area contributed by atoms with Gasteiger partial charge in [-0.05, 0) is 44.0 Å². The third-order valence-corrected chi connectivity index (χ3v) is 3.77. The maximum absolute atomic E-state index is 12.6. The number of alkyl halides is 6. The van der Waals surface area contributed by atoms with Crippen molar-refractivity contribution in [2.75, 3.05) is 31.5 Å². The maximum Gasteiger partial charge on any atom is 0.416 e. The van der Waals surface area contributed by atoms with Gasteiger partial charge in [-0.1, -0.05) is 0 Å². The van der Waals surface area contributed by atoms with Gasteiger partial charge in [0, 0.05) is 12.7 Å². The van der Waals surface area contributed by atoms with Crippen molar-refractivity contribution in [2.24, 2.45) is 5.92 Å². The fourth-order valence-corrected chi connectivity index (χ4v) is 2.55. The van der Waals surface area contributed by atoms with Crippen LogP contribution in [0.4, 0.5) is 32.2 Å². The van der Waals surface area contributed by atoms with Gasteiger partial charge in [0.15, 0.2) is 0 Å². The van der Waals surface area contributed by atoms with Crippen LogP contribution in [0.15, 0.2) is 18.3 Å². The first kappa shape index (κ1) is 17.8. The van der Waals surface area contributed by atoms with Gasteiger partial charge in [0.05, 0.1) is 12.1 Å². The van der Waals surface area contributed by atoms with E-state index in [1.807, 2.05) is 0 Å². The summed E-state index contributed by atoms with van der Waals surface area (Å²) in [5, 5.41) is 2.84. The molecule has 1 saturated heterocycles. The van der Waals surface area contributed by atoms with Crippen LogP contribution in [0.25, 0.3) is 0 Å². The van der Waals surface area contributed by atoms with Crippen LogP contribution in [0.5, 0.6) is 0 Å². The van der Waals surface area contributed by atoms with Gasteiger partial charge in [-0.25, -0.2) is 4.98 Å². The van der Waals surface area contributed by atoms with Gasteiger partial charge in [-0.15, -0.1) is 0 Å². The molecule has 1 N–H and O–H groups in total. The molecular formula is C14H17F6N3. The van der Waals surface area contributed by atoms with Crippen LogP contribution in [-0.2, 0) is 6.18 Å². The Bertz CT molecular complexity index is 506. The third-order valence-electron chi connectivity index (χ3n) is 3.77. The van der Waals surface area contributed by atoms with E-state index in [1.54, 1.807) is 0 Å². The van der Waals surface area contributed by atoms with Crippen LogP contribution in [0.2, 0.25) is 0 Å². The number of rotatable bonds is 4. The largest absolute Gasteiger partial charge is 0.416 e. The molecule has 9 heteroatoms. The van der Waals surface area contributed by atoms with Crippen LogP contribution < -0.4 is 5.32 Å². The molecule has 0 saturated carbocycles. The van der Waals surface area contributed by atoms with Crippen LogP contribution in [0, 0.1) is 5.92 Å². The van der Waals surface area contributed by atoms with Gasteiger partial charge in [0.2, 0.25) is 0 Å². The molecule has 3 nitrogen and oxygen atoms in total. The lowest BCUT2D eigenvalue weighted by Gasteiger charge is -2.32. The fourth-order valence-electron chi connectivity index (χ4n) is 2.55. The van der Waals surface area contributed by atoms with E-state index in [0.717, 1.165) is 18.3 Å². The van der Waals surface area contributed by atoms with E-state index in [4.69, 9.17) is 0 Å². The van der Waals surface area contributed by atoms with Gasteiger partial charge in [-0.3, -0.25) is 4.90 Å². The molecule has 1 fully saturated rings. The molecule has 0 spiro atoms. The van der Waals surface area contributed by atoms with Gasteiger partial charge >= 0.3 is 12.4 Å². The number of nitrogens with one attached hydrogen (secondary N) is 1. The average Bonchev–Trinajstić information content (AvgIpc) is 2.44. The number of piperidine rings is 1. The lowest BCUT2D eigenvalue weighted by atomic mass is 9.97. The quantitative estimate of drug-likeness (QED) is 0.845. The molecule has 0 radical (unpaired) electrons. The molecule has 0 aromatic carbocycles. The molecule has 0 atom stereocenters. The number of anilines is 1. The third kappa shape index (κ3) is 5.89. The Kier molecular flexibility index (Phi) is 5.38. The van der Waals surface area contributed by atoms with Crippen molar-refractivity contribution in [3.8, 4) is 0 Å². The summed E-state index contributed by atoms with van der Waals surface area (Å²) in [5.74, 6) is 0.244. The van der Waals surface area contributed by atoms with Crippen LogP contribution in [0.3, 0.4) is 0 Å². The zero-order chi connectivity index (χ0) is 17.1. The lowest BCUT2D eigenvalue weighted by molar-refractivity contribution is -0.148. The Labute approximate surface area is 129 Å². The highest BCUT2D eigenvalue weighted by atomic mass is 19.4. The minimum Gasteiger partial charge on any atom is -0.370 e. The maximum atomic E-state index is 12.6. The van der Waals surface area contributed by atoms with Crippen molar-refractivity contribution in [3.05, 3.63) is 23.9 Å². The number of hydrogen-bond acceptors (Lipinski definition) is 3. The van der Waals surface area contributed by atoms with Crippen molar-refractivity contribution >= 4 is 5.82 Å². The first-order valence-electron chi connectivity index (χ1n) is 7.20. The van der Waals surface area contributed by atoms with E-state index in [-0.39, 0.29) is 11.7 Å². The first-order valence-corrected chi connectivity index (χ1v) is 7.20. The molecule has 130 valence electrons. The SMILES string of the molecule is FC(F)(F)CN1CCC(CNc2cc(C(F)(F)F)ccn2)CC1. The molecule has 1 aromatic rings. The van der Waals surface area contributed by atoms with E-state index in [9.17, 15) is 26.3 Å². The molecule has 0 amide bonds. The summed E-state index contributed by atoms with van der Waals surface area (Å²) in [5.41, 5.74) is -0.782. The number of hydrogen-bond donors (Lipinski definition) is 1. The average molecular weight is 341 g/mol. The van der Waals surface area contributed by atoms with Crippen molar-refractivity contribution < 1.29 is 26.3 Å². The molecule has 2 heterocycles. The van der Waals surface area contributed by atoms with Gasteiger partial charge in [0.1, 0.15) is 5.82 Å². The van der Waals surface area contributed by atoms with Crippen molar-refractivity contribution in [1.29, 1.82) is 0 Å². The highest BCUT2D eigenvalue weighted by molar-refractivity contribution is 5.38. The summed E-state index contributed by atoms with van der Waals surface area (Å²) in [6.07, 6.45) is -6.41. The molecule has 0 aliphatic carbocycles. The number of nitrogens with zero attached hydrogens (tertiary/aromatic N) is 2. The molecule has 23 heavy (non-hydrogen) atoms. The Morgan fingerprint density at radius 1 is 1.13 bits per heavy atom. The van der Waals surface area contributed by atoms with Crippen molar-refractivity contribution in [2.45, 2.75) is 25.2 Å². The monoisotopic (exact) mass is 341 g/mol. The van der Waals surface area contributed by atoms with Gasteiger partial charge in [-0.2, -0.15) is 26.3 Å². The second kappa shape index (κ2) is 6.94. The van der Waals surface area contributed by atoms with E-state index >= 15 is 0 Å². The summed E-state index contributed by atoms with van der Waals surface area (Å²) in [6.45, 7) is 0.153. The van der Waals surface area contributed by atoms with Crippen LogP contribution >= 0.6 is 0 Å². The molecule has 1 aliphatic rings. The van der Waals surface area contributed by atoms with Crippen LogP contribution in [-0.4, -0.2) is 42.2 Å². The van der Waals surface area contributed by atoms with E-state index in [2.05, 4.69) is 10.3 Å². The zero-order valence-electron chi connectivity index (χ0n) is 12.2. The standard InChI is InChI=1S/C14H17F6N3/c15-13(16,17)9-23-5-2-10(3-6-23)8-22-12-7-11(1-4-21-12)14(18,19)20/h1,4,7,10H,2-3,5-6,8-9H2,(H,21,22). The minimum atomic E-state index is -4.43. The fraction of sp³-hybridized carbons (Fsp3) is 0.643. The number of halogens is 6. The van der Waals surface area contributed by atoms with E-state index < -0.39 is 24.5 Å². The zero-order valence-corrected chi connectivity index (χ0v) is 12.2. The van der Waals surface area contributed by atoms with E-state index in [1.165, 1.54) is 4.90 Å². The van der Waals surface area contributed by atoms with Crippen molar-refractivity contribution in [3.63, 3.8) is 0 Å². The molecule has 0 bridgehead atoms. The first-order chi connectivity index (χ1) is 10.6. The molecule has 0 unspecified atom stereocenters. The smallest absolute Gasteiger partial charge is 0.370 e. The predicted octanol–water partition coefficient (Wildman–Crippen LogP) is 3.79.